The second-order valence-electron chi connectivity index (χ2n) is 11.4. The summed E-state index contributed by atoms with van der Waals surface area (Å²) in [4.78, 5) is 41.5. The van der Waals surface area contributed by atoms with Crippen molar-refractivity contribution in [2.45, 2.75) is 69.7 Å². The van der Waals surface area contributed by atoms with Crippen LogP contribution in [0.4, 0.5) is 4.79 Å². The molecule has 6 rings (SSSR count). The summed E-state index contributed by atoms with van der Waals surface area (Å²) in [5, 5.41) is 6.23. The predicted octanol–water partition coefficient (Wildman–Crippen LogP) is 3.34. The summed E-state index contributed by atoms with van der Waals surface area (Å²) in [6.07, 6.45) is 10.0. The molecular formula is C28H40N4O3. The Morgan fingerprint density at radius 3 is 1.91 bits per heavy atom. The zero-order valence-electron chi connectivity index (χ0n) is 20.8. The molecule has 0 radical (unpaired) electrons. The lowest BCUT2D eigenvalue weighted by Crippen LogP contribution is -2.61. The Bertz CT molecular complexity index is 875. The van der Waals surface area contributed by atoms with Crippen LogP contribution in [0.5, 0.6) is 0 Å². The molecule has 7 heteroatoms. The van der Waals surface area contributed by atoms with Crippen molar-refractivity contribution >= 4 is 17.8 Å². The second-order valence-corrected chi connectivity index (χ2v) is 11.4. The molecule has 4 amide bonds. The molecule has 190 valence electrons. The van der Waals surface area contributed by atoms with Crippen LogP contribution in [-0.2, 0) is 16.0 Å². The molecule has 4 saturated carbocycles. The summed E-state index contributed by atoms with van der Waals surface area (Å²) < 4.78 is 0. The van der Waals surface area contributed by atoms with E-state index < -0.39 is 0 Å². The number of nitrogens with zero attached hydrogens (tertiary/aromatic N) is 2. The highest BCUT2D eigenvalue weighted by Crippen LogP contribution is 2.55. The third-order valence-corrected chi connectivity index (χ3v) is 8.73. The molecule has 0 unspecified atom stereocenters. The number of carbonyl (C=O) groups excluding carboxylic acids is 3. The Labute approximate surface area is 209 Å². The molecule has 1 aliphatic heterocycles. The van der Waals surface area contributed by atoms with E-state index in [1.807, 2.05) is 28.0 Å². The molecule has 1 heterocycles. The van der Waals surface area contributed by atoms with Gasteiger partial charge in [-0.15, -0.1) is 0 Å². The molecule has 5 aliphatic rings. The van der Waals surface area contributed by atoms with Gasteiger partial charge in [0.15, 0.2) is 0 Å². The third kappa shape index (κ3) is 5.99. The SMILES string of the molecule is O=C(NCCC(=O)N1CCN(C(=O)CCCc2ccccc2)CC1)NC12CC3CC(CC(C3)C1)C2. The lowest BCUT2D eigenvalue weighted by molar-refractivity contribution is -0.139. The van der Waals surface area contributed by atoms with Gasteiger partial charge < -0.3 is 20.4 Å². The van der Waals surface area contributed by atoms with Crippen molar-refractivity contribution in [1.29, 1.82) is 0 Å². The molecule has 0 aromatic heterocycles. The Kier molecular flexibility index (Phi) is 7.30. The van der Waals surface area contributed by atoms with Crippen molar-refractivity contribution < 1.29 is 14.4 Å². The van der Waals surface area contributed by atoms with Gasteiger partial charge in [-0.1, -0.05) is 30.3 Å². The molecule has 1 aromatic rings. The molecule has 4 aliphatic carbocycles. The van der Waals surface area contributed by atoms with Gasteiger partial charge in [0, 0.05) is 51.1 Å². The van der Waals surface area contributed by atoms with Gasteiger partial charge in [-0.05, 0) is 74.7 Å². The molecule has 5 fully saturated rings. The zero-order chi connectivity index (χ0) is 24.3. The lowest BCUT2D eigenvalue weighted by Gasteiger charge is -2.56. The monoisotopic (exact) mass is 480 g/mol. The molecule has 2 N–H and O–H groups in total. The van der Waals surface area contributed by atoms with E-state index in [2.05, 4.69) is 22.8 Å². The number of piperazine rings is 1. The third-order valence-electron chi connectivity index (χ3n) is 8.73. The fraction of sp³-hybridized carbons (Fsp3) is 0.679. The largest absolute Gasteiger partial charge is 0.339 e. The average molecular weight is 481 g/mol. The first-order valence-electron chi connectivity index (χ1n) is 13.6. The van der Waals surface area contributed by atoms with E-state index in [9.17, 15) is 14.4 Å². The van der Waals surface area contributed by atoms with E-state index in [1.165, 1.54) is 24.8 Å². The minimum Gasteiger partial charge on any atom is -0.339 e. The van der Waals surface area contributed by atoms with Crippen LogP contribution in [0.15, 0.2) is 30.3 Å². The number of amides is 4. The number of aryl methyl sites for hydroxylation is 1. The second kappa shape index (κ2) is 10.6. The van der Waals surface area contributed by atoms with E-state index in [0.29, 0.717) is 45.6 Å². The maximum Gasteiger partial charge on any atom is 0.315 e. The predicted molar refractivity (Wildman–Crippen MR) is 135 cm³/mol. The van der Waals surface area contributed by atoms with E-state index in [0.717, 1.165) is 49.9 Å². The van der Waals surface area contributed by atoms with Crippen molar-refractivity contribution in [2.24, 2.45) is 17.8 Å². The van der Waals surface area contributed by atoms with Crippen LogP contribution in [0.2, 0.25) is 0 Å². The van der Waals surface area contributed by atoms with Gasteiger partial charge in [-0.2, -0.15) is 0 Å². The van der Waals surface area contributed by atoms with Crippen molar-refractivity contribution in [2.75, 3.05) is 32.7 Å². The summed E-state index contributed by atoms with van der Waals surface area (Å²) in [5.74, 6) is 2.60. The van der Waals surface area contributed by atoms with Crippen LogP contribution in [0, 0.1) is 17.8 Å². The fourth-order valence-electron chi connectivity index (χ4n) is 7.44. The number of nitrogens with one attached hydrogen (secondary N) is 2. The standard InChI is InChI=1S/C28H40N4O3/c33-25(8-4-7-21-5-2-1-3-6-21)31-11-13-32(14-12-31)26(34)9-10-29-27(35)30-28-18-22-15-23(19-28)17-24(16-22)20-28/h1-3,5-6,22-24H,4,7-20H2,(H2,29,30,35). The fourth-order valence-corrected chi connectivity index (χ4v) is 7.44. The number of rotatable bonds is 8. The number of urea groups is 1. The van der Waals surface area contributed by atoms with Gasteiger partial charge in [0.25, 0.3) is 0 Å². The number of carbonyl (C=O) groups is 3. The van der Waals surface area contributed by atoms with Crippen molar-refractivity contribution in [3.63, 3.8) is 0 Å². The van der Waals surface area contributed by atoms with Gasteiger partial charge >= 0.3 is 6.03 Å². The topological polar surface area (TPSA) is 81.8 Å². The van der Waals surface area contributed by atoms with Crippen LogP contribution in [0.3, 0.4) is 0 Å². The smallest absolute Gasteiger partial charge is 0.315 e. The molecule has 7 nitrogen and oxygen atoms in total. The van der Waals surface area contributed by atoms with E-state index in [1.54, 1.807) is 0 Å². The maximum absolute atomic E-state index is 12.6. The van der Waals surface area contributed by atoms with Gasteiger partial charge in [0.05, 0.1) is 0 Å². The number of benzene rings is 1. The maximum atomic E-state index is 12.6. The quantitative estimate of drug-likeness (QED) is 0.599. The van der Waals surface area contributed by atoms with Crippen LogP contribution in [0.1, 0.15) is 63.4 Å². The zero-order valence-corrected chi connectivity index (χ0v) is 20.8. The summed E-state index contributed by atoms with van der Waals surface area (Å²) in [6, 6.07) is 10.1. The van der Waals surface area contributed by atoms with E-state index in [4.69, 9.17) is 0 Å². The van der Waals surface area contributed by atoms with Gasteiger partial charge in [0.2, 0.25) is 11.8 Å². The Morgan fingerprint density at radius 2 is 1.34 bits per heavy atom. The molecule has 1 aromatic carbocycles. The first-order valence-corrected chi connectivity index (χ1v) is 13.6. The van der Waals surface area contributed by atoms with E-state index >= 15 is 0 Å². The van der Waals surface area contributed by atoms with Gasteiger partial charge in [0.1, 0.15) is 0 Å². The van der Waals surface area contributed by atoms with Crippen LogP contribution >= 0.6 is 0 Å². The minimum atomic E-state index is -0.120. The minimum absolute atomic E-state index is 0.00714. The van der Waals surface area contributed by atoms with Gasteiger partial charge in [-0.25, -0.2) is 4.79 Å². The Balaban J connectivity index is 0.967. The highest BCUT2D eigenvalue weighted by atomic mass is 16.2. The van der Waals surface area contributed by atoms with E-state index in [-0.39, 0.29) is 23.4 Å². The summed E-state index contributed by atoms with van der Waals surface area (Å²) in [5.41, 5.74) is 1.25. The summed E-state index contributed by atoms with van der Waals surface area (Å²) in [7, 11) is 0. The molecule has 1 saturated heterocycles. The summed E-state index contributed by atoms with van der Waals surface area (Å²) >= 11 is 0. The normalized spacial score (nSPS) is 29.2. The highest BCUT2D eigenvalue weighted by Gasteiger charge is 2.51. The Morgan fingerprint density at radius 1 is 0.800 bits per heavy atom. The van der Waals surface area contributed by atoms with Crippen LogP contribution in [0.25, 0.3) is 0 Å². The molecule has 4 bridgehead atoms. The highest BCUT2D eigenvalue weighted by molar-refractivity contribution is 5.80. The lowest BCUT2D eigenvalue weighted by atomic mass is 9.53. The Hall–Kier alpha value is -2.57. The average Bonchev–Trinajstić information content (AvgIpc) is 2.83. The number of hydrogen-bond donors (Lipinski definition) is 2. The summed E-state index contributed by atoms with van der Waals surface area (Å²) in [6.45, 7) is 2.69. The van der Waals surface area contributed by atoms with Crippen molar-refractivity contribution in [3.05, 3.63) is 35.9 Å². The van der Waals surface area contributed by atoms with Crippen molar-refractivity contribution in [3.8, 4) is 0 Å². The molecule has 0 atom stereocenters. The first kappa shape index (κ1) is 24.1. The molecule has 35 heavy (non-hydrogen) atoms. The van der Waals surface area contributed by atoms with Gasteiger partial charge in [-0.3, -0.25) is 9.59 Å². The van der Waals surface area contributed by atoms with Crippen LogP contribution in [-0.4, -0.2) is 65.9 Å². The van der Waals surface area contributed by atoms with Crippen LogP contribution < -0.4 is 10.6 Å². The first-order chi connectivity index (χ1) is 17.0. The molecule has 0 spiro atoms. The molecular weight excluding hydrogens is 440 g/mol. The number of hydrogen-bond acceptors (Lipinski definition) is 3. The van der Waals surface area contributed by atoms with Crippen molar-refractivity contribution in [1.82, 2.24) is 20.4 Å².